The molecule has 0 radical (unpaired) electrons. The van der Waals surface area contributed by atoms with Crippen molar-refractivity contribution < 1.29 is 22.5 Å². The van der Waals surface area contributed by atoms with Crippen LogP contribution in [0.3, 0.4) is 0 Å². The Kier molecular flexibility index (Phi) is 5.35. The average Bonchev–Trinajstić information content (AvgIpc) is 3.46. The largest absolute Gasteiger partial charge is 0.416 e. The molecule has 2 aromatic carbocycles. The molecule has 2 aromatic heterocycles. The van der Waals surface area contributed by atoms with Gasteiger partial charge in [0, 0.05) is 17.1 Å². The molecule has 1 aliphatic rings. The Morgan fingerprint density at radius 3 is 2.62 bits per heavy atom. The van der Waals surface area contributed by atoms with Gasteiger partial charge in [0.15, 0.2) is 5.82 Å². The second-order valence-electron chi connectivity index (χ2n) is 7.72. The van der Waals surface area contributed by atoms with Crippen LogP contribution in [0.1, 0.15) is 39.8 Å². The Hall–Kier alpha value is -3.73. The van der Waals surface area contributed by atoms with Crippen molar-refractivity contribution in [2.45, 2.75) is 25.6 Å². The molecule has 1 amide bonds. The number of hydrogen-bond acceptors (Lipinski definition) is 6. The molecule has 1 fully saturated rings. The first-order valence-electron chi connectivity index (χ1n) is 10.2. The molecule has 0 spiro atoms. The van der Waals surface area contributed by atoms with Crippen LogP contribution >= 0.6 is 11.6 Å². The number of carbonyl (C=O) groups is 1. The lowest BCUT2D eigenvalue weighted by molar-refractivity contribution is -0.137. The molecule has 0 bridgehead atoms. The highest BCUT2D eigenvalue weighted by Crippen LogP contribution is 2.37. The summed E-state index contributed by atoms with van der Waals surface area (Å²) in [5.74, 6) is 0.0903. The highest BCUT2D eigenvalue weighted by molar-refractivity contribution is 6.31. The zero-order chi connectivity index (χ0) is 24.0. The second kappa shape index (κ2) is 8.24. The fourth-order valence-corrected chi connectivity index (χ4v) is 3.94. The maximum atomic E-state index is 13.3. The number of hydrogen-bond donors (Lipinski definition) is 0. The minimum Gasteiger partial charge on any atom is -0.334 e. The van der Waals surface area contributed by atoms with Gasteiger partial charge < -0.3 is 9.42 Å². The lowest BCUT2D eigenvalue weighted by Crippen LogP contribution is -2.46. The first kappa shape index (κ1) is 22.1. The Morgan fingerprint density at radius 2 is 1.94 bits per heavy atom. The molecule has 5 rings (SSSR count). The lowest BCUT2D eigenvalue weighted by Gasteiger charge is -2.39. The lowest BCUT2D eigenvalue weighted by atomic mass is 9.99. The van der Waals surface area contributed by atoms with E-state index in [-0.39, 0.29) is 17.1 Å². The second-order valence-corrected chi connectivity index (χ2v) is 8.13. The van der Waals surface area contributed by atoms with E-state index in [1.54, 1.807) is 18.2 Å². The number of rotatable bonds is 4. The molecule has 8 nitrogen and oxygen atoms in total. The van der Waals surface area contributed by atoms with Gasteiger partial charge in [-0.15, -0.1) is 0 Å². The van der Waals surface area contributed by atoms with Crippen LogP contribution in [0.5, 0.6) is 0 Å². The minimum absolute atomic E-state index is 0.0308. The van der Waals surface area contributed by atoms with Crippen LogP contribution in [0, 0.1) is 6.92 Å². The number of aromatic nitrogens is 5. The van der Waals surface area contributed by atoms with E-state index in [4.69, 9.17) is 16.1 Å². The average molecular weight is 489 g/mol. The number of nitrogens with zero attached hydrogens (tertiary/aromatic N) is 6. The summed E-state index contributed by atoms with van der Waals surface area (Å²) in [6, 6.07) is 7.69. The monoisotopic (exact) mass is 488 g/mol. The van der Waals surface area contributed by atoms with Gasteiger partial charge >= 0.3 is 6.18 Å². The third kappa shape index (κ3) is 3.81. The topological polar surface area (TPSA) is 89.9 Å². The summed E-state index contributed by atoms with van der Waals surface area (Å²) in [5.41, 5.74) is 0.513. The molecular weight excluding hydrogens is 473 g/mol. The quantitative estimate of drug-likeness (QED) is 0.406. The Labute approximate surface area is 195 Å². The summed E-state index contributed by atoms with van der Waals surface area (Å²) in [4.78, 5) is 20.2. The summed E-state index contributed by atoms with van der Waals surface area (Å²) in [6.45, 7) is 2.22. The van der Waals surface area contributed by atoms with Crippen LogP contribution in [0.2, 0.25) is 5.02 Å². The molecule has 3 heterocycles. The third-order valence-electron chi connectivity index (χ3n) is 5.71. The van der Waals surface area contributed by atoms with Crippen molar-refractivity contribution >= 4 is 17.5 Å². The highest BCUT2D eigenvalue weighted by atomic mass is 35.5. The smallest absolute Gasteiger partial charge is 0.334 e. The summed E-state index contributed by atoms with van der Waals surface area (Å²) >= 11 is 6.18. The van der Waals surface area contributed by atoms with Crippen molar-refractivity contribution in [1.82, 2.24) is 30.0 Å². The molecule has 1 unspecified atom stereocenters. The van der Waals surface area contributed by atoms with Gasteiger partial charge in [0.2, 0.25) is 0 Å². The van der Waals surface area contributed by atoms with E-state index in [2.05, 4.69) is 20.3 Å². The summed E-state index contributed by atoms with van der Waals surface area (Å²) in [6.07, 6.45) is -1.36. The first-order valence-corrected chi connectivity index (χ1v) is 10.6. The van der Waals surface area contributed by atoms with Gasteiger partial charge in [-0.05, 0) is 49.2 Å². The number of likely N-dealkylation sites (tertiary alicyclic amines) is 1. The van der Waals surface area contributed by atoms with E-state index in [1.165, 1.54) is 17.3 Å². The van der Waals surface area contributed by atoms with E-state index in [0.29, 0.717) is 29.4 Å². The first-order chi connectivity index (χ1) is 16.2. The SMILES string of the molecule is Cc1c(Cl)cccc1-c1nc(C2CCN2C(=O)c2ccc(C(F)(F)F)cc2-n2nccn2)no1. The summed E-state index contributed by atoms with van der Waals surface area (Å²) < 4.78 is 45.2. The Bertz CT molecular complexity index is 1370. The van der Waals surface area contributed by atoms with Gasteiger partial charge in [-0.2, -0.15) is 33.1 Å². The molecule has 1 saturated heterocycles. The predicted octanol–water partition coefficient (Wildman–Crippen LogP) is 4.89. The molecule has 174 valence electrons. The van der Waals surface area contributed by atoms with Gasteiger partial charge in [0.25, 0.3) is 11.8 Å². The van der Waals surface area contributed by atoms with Gasteiger partial charge in [0.1, 0.15) is 0 Å². The van der Waals surface area contributed by atoms with Crippen molar-refractivity contribution in [1.29, 1.82) is 0 Å². The molecule has 12 heteroatoms. The van der Waals surface area contributed by atoms with Crippen molar-refractivity contribution in [3.05, 3.63) is 76.3 Å². The van der Waals surface area contributed by atoms with Crippen LogP contribution in [0.15, 0.2) is 53.3 Å². The van der Waals surface area contributed by atoms with E-state index in [0.717, 1.165) is 28.6 Å². The zero-order valence-corrected chi connectivity index (χ0v) is 18.4. The highest BCUT2D eigenvalue weighted by Gasteiger charge is 2.39. The van der Waals surface area contributed by atoms with Crippen molar-refractivity contribution in [3.63, 3.8) is 0 Å². The Morgan fingerprint density at radius 1 is 1.18 bits per heavy atom. The molecule has 0 N–H and O–H groups in total. The van der Waals surface area contributed by atoms with Gasteiger partial charge in [-0.3, -0.25) is 4.79 Å². The molecular formula is C22H16ClF3N6O2. The summed E-state index contributed by atoms with van der Waals surface area (Å²) in [5, 5.41) is 12.4. The molecule has 0 saturated carbocycles. The minimum atomic E-state index is -4.58. The number of amides is 1. The molecule has 1 atom stereocenters. The third-order valence-corrected chi connectivity index (χ3v) is 6.12. The van der Waals surface area contributed by atoms with Gasteiger partial charge in [-0.25, -0.2) is 0 Å². The fourth-order valence-electron chi connectivity index (χ4n) is 3.77. The van der Waals surface area contributed by atoms with Crippen LogP contribution in [0.25, 0.3) is 17.1 Å². The van der Waals surface area contributed by atoms with Crippen LogP contribution in [0.4, 0.5) is 13.2 Å². The maximum absolute atomic E-state index is 13.3. The normalized spacial score (nSPS) is 15.9. The van der Waals surface area contributed by atoms with Crippen LogP contribution in [-0.4, -0.2) is 42.5 Å². The van der Waals surface area contributed by atoms with E-state index in [1.807, 2.05) is 6.92 Å². The molecule has 34 heavy (non-hydrogen) atoms. The van der Waals surface area contributed by atoms with Crippen LogP contribution < -0.4 is 0 Å². The van der Waals surface area contributed by atoms with Gasteiger partial charge in [0.05, 0.1) is 35.2 Å². The Balaban J connectivity index is 1.46. The zero-order valence-electron chi connectivity index (χ0n) is 17.6. The van der Waals surface area contributed by atoms with Crippen molar-refractivity contribution in [3.8, 4) is 17.1 Å². The van der Waals surface area contributed by atoms with Crippen molar-refractivity contribution in [2.75, 3.05) is 6.54 Å². The number of benzene rings is 2. The number of alkyl halides is 3. The number of carbonyl (C=O) groups excluding carboxylic acids is 1. The van der Waals surface area contributed by atoms with E-state index >= 15 is 0 Å². The standard InChI is InChI=1S/C22H16ClF3N6O2/c1-12-14(3-2-4-16(12)23)20-29-19(30-34-20)17-7-10-31(17)21(33)15-6-5-13(22(24,25)26)11-18(15)32-27-8-9-28-32/h2-6,8-9,11,17H,7,10H2,1H3. The number of halogens is 4. The van der Waals surface area contributed by atoms with Crippen LogP contribution in [-0.2, 0) is 6.18 Å². The van der Waals surface area contributed by atoms with E-state index in [9.17, 15) is 18.0 Å². The summed E-state index contributed by atoms with van der Waals surface area (Å²) in [7, 11) is 0. The van der Waals surface area contributed by atoms with Gasteiger partial charge in [-0.1, -0.05) is 22.8 Å². The molecule has 0 aliphatic carbocycles. The van der Waals surface area contributed by atoms with Crippen molar-refractivity contribution in [2.24, 2.45) is 0 Å². The molecule has 4 aromatic rings. The maximum Gasteiger partial charge on any atom is 0.416 e. The fraction of sp³-hybridized carbons (Fsp3) is 0.227. The predicted molar refractivity (Wildman–Crippen MR) is 114 cm³/mol. The molecule has 1 aliphatic heterocycles. The van der Waals surface area contributed by atoms with E-state index < -0.39 is 23.7 Å².